The van der Waals surface area contributed by atoms with Crippen LogP contribution < -0.4 is 10.5 Å². The second-order valence-electron chi connectivity index (χ2n) is 7.70. The van der Waals surface area contributed by atoms with Crippen molar-refractivity contribution in [1.82, 2.24) is 24.7 Å². The number of rotatable bonds is 7. The Morgan fingerprint density at radius 1 is 1.24 bits per heavy atom. The molecule has 0 radical (unpaired) electrons. The van der Waals surface area contributed by atoms with E-state index in [2.05, 4.69) is 20.1 Å². The second kappa shape index (κ2) is 9.44. The third-order valence-electron chi connectivity index (χ3n) is 5.37. The summed E-state index contributed by atoms with van der Waals surface area (Å²) >= 11 is 6.52. The van der Waals surface area contributed by atoms with Gasteiger partial charge in [0.05, 0.1) is 12.2 Å². The molecule has 0 saturated carbocycles. The van der Waals surface area contributed by atoms with Crippen LogP contribution in [0.25, 0.3) is 0 Å². The van der Waals surface area contributed by atoms with Gasteiger partial charge in [-0.05, 0) is 18.6 Å². The van der Waals surface area contributed by atoms with E-state index in [1.807, 2.05) is 18.2 Å². The average Bonchev–Trinajstić information content (AvgIpc) is 3.33. The molecule has 10 nitrogen and oxygen atoms in total. The van der Waals surface area contributed by atoms with Crippen LogP contribution in [0.15, 0.2) is 58.4 Å². The SMILES string of the molecule is Cc1ncc(C(c2ccccc2Cl)N(C)c2nc(C(=O)Cc3cnoc3)c(O)c(=O)n2C)cn1. The molecule has 0 aliphatic carbocycles. The number of nitrogens with zero attached hydrogens (tertiary/aromatic N) is 6. The minimum atomic E-state index is -0.761. The maximum Gasteiger partial charge on any atom is 0.297 e. The first-order valence-corrected chi connectivity index (χ1v) is 10.6. The van der Waals surface area contributed by atoms with Crippen LogP contribution >= 0.6 is 11.6 Å². The standard InChI is InChI=1S/C23H21ClN6O4/c1-13-25-10-15(11-26-13)20(16-6-4-5-7-17(16)24)29(2)23-28-19(21(32)22(33)30(23)3)18(31)8-14-9-27-34-12-14/h4-7,9-12,20,32H,8H2,1-3H3. The quantitative estimate of drug-likeness (QED) is 0.397. The highest BCUT2D eigenvalue weighted by atomic mass is 35.5. The summed E-state index contributed by atoms with van der Waals surface area (Å²) < 4.78 is 5.92. The van der Waals surface area contributed by atoms with E-state index in [9.17, 15) is 14.7 Å². The number of benzene rings is 1. The molecule has 3 heterocycles. The second-order valence-corrected chi connectivity index (χ2v) is 8.11. The zero-order valence-corrected chi connectivity index (χ0v) is 19.4. The summed E-state index contributed by atoms with van der Waals surface area (Å²) in [6.45, 7) is 1.77. The van der Waals surface area contributed by atoms with Crippen LogP contribution in [0.4, 0.5) is 5.95 Å². The van der Waals surface area contributed by atoms with Crippen LogP contribution in [0.1, 0.15) is 39.0 Å². The minimum absolute atomic E-state index is 0.139. The van der Waals surface area contributed by atoms with Crippen molar-refractivity contribution in [3.05, 3.63) is 92.7 Å². The van der Waals surface area contributed by atoms with Gasteiger partial charge in [-0.1, -0.05) is 35.0 Å². The Kier molecular flexibility index (Phi) is 6.42. The molecule has 174 valence electrons. The maximum atomic E-state index is 12.9. The van der Waals surface area contributed by atoms with Gasteiger partial charge in [0.25, 0.3) is 5.56 Å². The predicted octanol–water partition coefficient (Wildman–Crippen LogP) is 2.88. The van der Waals surface area contributed by atoms with Gasteiger partial charge >= 0.3 is 0 Å². The van der Waals surface area contributed by atoms with Crippen LogP contribution in [-0.2, 0) is 13.5 Å². The number of carbonyl (C=O) groups excluding carboxylic acids is 1. The number of Topliss-reactive ketones (excluding diaryl/α,β-unsaturated/α-hetero) is 1. The number of aromatic hydroxyl groups is 1. The molecular formula is C23H21ClN6O4. The number of aryl methyl sites for hydroxylation is 1. The van der Waals surface area contributed by atoms with Crippen molar-refractivity contribution in [3.63, 3.8) is 0 Å². The van der Waals surface area contributed by atoms with E-state index in [1.165, 1.54) is 24.1 Å². The van der Waals surface area contributed by atoms with Crippen molar-refractivity contribution in [2.75, 3.05) is 11.9 Å². The van der Waals surface area contributed by atoms with Crippen LogP contribution in [0, 0.1) is 6.92 Å². The molecule has 0 fully saturated rings. The maximum absolute atomic E-state index is 12.9. The highest BCUT2D eigenvalue weighted by Crippen LogP contribution is 2.34. The molecule has 3 aromatic heterocycles. The Bertz CT molecular complexity index is 1390. The van der Waals surface area contributed by atoms with Gasteiger partial charge in [0.15, 0.2) is 11.5 Å². The Balaban J connectivity index is 1.84. The van der Waals surface area contributed by atoms with E-state index in [0.29, 0.717) is 22.0 Å². The fraction of sp³-hybridized carbons (Fsp3) is 0.217. The van der Waals surface area contributed by atoms with E-state index in [-0.39, 0.29) is 18.1 Å². The van der Waals surface area contributed by atoms with Gasteiger partial charge in [-0.2, -0.15) is 0 Å². The van der Waals surface area contributed by atoms with E-state index < -0.39 is 23.1 Å². The number of halogens is 1. The molecule has 0 aliphatic heterocycles. The van der Waals surface area contributed by atoms with E-state index in [4.69, 9.17) is 16.1 Å². The van der Waals surface area contributed by atoms with Gasteiger partial charge in [0.1, 0.15) is 12.1 Å². The van der Waals surface area contributed by atoms with Crippen molar-refractivity contribution in [2.24, 2.45) is 7.05 Å². The zero-order chi connectivity index (χ0) is 24.4. The average molecular weight is 481 g/mol. The summed E-state index contributed by atoms with van der Waals surface area (Å²) in [6, 6.07) is 6.71. The van der Waals surface area contributed by atoms with Gasteiger partial charge < -0.3 is 14.5 Å². The summed E-state index contributed by atoms with van der Waals surface area (Å²) in [6.07, 6.45) is 5.90. The molecule has 34 heavy (non-hydrogen) atoms. The highest BCUT2D eigenvalue weighted by Gasteiger charge is 2.28. The van der Waals surface area contributed by atoms with Crippen LogP contribution in [0.2, 0.25) is 5.02 Å². The van der Waals surface area contributed by atoms with Gasteiger partial charge in [-0.15, -0.1) is 0 Å². The third kappa shape index (κ3) is 4.40. The molecule has 1 aromatic carbocycles. The van der Waals surface area contributed by atoms with E-state index in [0.717, 1.165) is 5.56 Å². The van der Waals surface area contributed by atoms with Crippen molar-refractivity contribution < 1.29 is 14.4 Å². The molecular weight excluding hydrogens is 460 g/mol. The van der Waals surface area contributed by atoms with E-state index in [1.54, 1.807) is 37.3 Å². The normalized spacial score (nSPS) is 11.9. The largest absolute Gasteiger partial charge is 0.501 e. The van der Waals surface area contributed by atoms with Gasteiger partial charge in [0, 0.05) is 49.1 Å². The van der Waals surface area contributed by atoms with Gasteiger partial charge in [-0.3, -0.25) is 14.2 Å². The van der Waals surface area contributed by atoms with Crippen molar-refractivity contribution >= 4 is 23.3 Å². The van der Waals surface area contributed by atoms with Crippen molar-refractivity contribution in [2.45, 2.75) is 19.4 Å². The Hall–Kier alpha value is -4.05. The topological polar surface area (TPSA) is 127 Å². The lowest BCUT2D eigenvalue weighted by atomic mass is 10.00. The zero-order valence-electron chi connectivity index (χ0n) is 18.6. The monoisotopic (exact) mass is 480 g/mol. The van der Waals surface area contributed by atoms with Crippen molar-refractivity contribution in [1.29, 1.82) is 0 Å². The molecule has 0 spiro atoms. The lowest BCUT2D eigenvalue weighted by Crippen LogP contribution is -2.34. The Morgan fingerprint density at radius 3 is 2.59 bits per heavy atom. The summed E-state index contributed by atoms with van der Waals surface area (Å²) in [5.41, 5.74) is 0.806. The lowest BCUT2D eigenvalue weighted by molar-refractivity contribution is 0.0984. The fourth-order valence-electron chi connectivity index (χ4n) is 3.64. The summed E-state index contributed by atoms with van der Waals surface area (Å²) in [4.78, 5) is 40.4. The Morgan fingerprint density at radius 2 is 1.94 bits per heavy atom. The number of hydrogen-bond acceptors (Lipinski definition) is 9. The summed E-state index contributed by atoms with van der Waals surface area (Å²) in [7, 11) is 3.17. The number of hydrogen-bond donors (Lipinski definition) is 1. The number of carbonyl (C=O) groups is 1. The third-order valence-corrected chi connectivity index (χ3v) is 5.72. The van der Waals surface area contributed by atoms with Crippen LogP contribution in [0.3, 0.4) is 0 Å². The van der Waals surface area contributed by atoms with Crippen LogP contribution in [-0.4, -0.2) is 42.6 Å². The first-order valence-electron chi connectivity index (χ1n) is 10.2. The minimum Gasteiger partial charge on any atom is -0.501 e. The van der Waals surface area contributed by atoms with Gasteiger partial charge in [-0.25, -0.2) is 15.0 Å². The molecule has 1 atom stereocenters. The first-order chi connectivity index (χ1) is 16.3. The number of anilines is 1. The number of aromatic nitrogens is 5. The molecule has 0 aliphatic rings. The molecule has 1 unspecified atom stereocenters. The van der Waals surface area contributed by atoms with Gasteiger partial charge in [0.2, 0.25) is 11.7 Å². The number of ketones is 1. The molecule has 0 amide bonds. The summed E-state index contributed by atoms with van der Waals surface area (Å²) in [5.74, 6) is -0.543. The summed E-state index contributed by atoms with van der Waals surface area (Å²) in [5, 5.41) is 14.5. The molecule has 4 rings (SSSR count). The van der Waals surface area contributed by atoms with Crippen molar-refractivity contribution in [3.8, 4) is 5.75 Å². The molecule has 4 aromatic rings. The fourth-order valence-corrected chi connectivity index (χ4v) is 3.88. The van der Waals surface area contributed by atoms with E-state index >= 15 is 0 Å². The molecule has 1 N–H and O–H groups in total. The first kappa shape index (κ1) is 23.1. The highest BCUT2D eigenvalue weighted by molar-refractivity contribution is 6.31. The smallest absolute Gasteiger partial charge is 0.297 e. The molecule has 11 heteroatoms. The molecule has 0 bridgehead atoms. The predicted molar refractivity (Wildman–Crippen MR) is 124 cm³/mol. The molecule has 0 saturated heterocycles. The Labute approximate surface area is 199 Å². The van der Waals surface area contributed by atoms with Crippen LogP contribution in [0.5, 0.6) is 5.75 Å². The lowest BCUT2D eigenvalue weighted by Gasteiger charge is -2.31.